The maximum Gasteiger partial charge on any atom is 0.397 e. The van der Waals surface area contributed by atoms with Gasteiger partial charge in [0, 0.05) is 0 Å². The van der Waals surface area contributed by atoms with Gasteiger partial charge in [-0.1, -0.05) is 97.3 Å². The third kappa shape index (κ3) is 20.1. The number of rotatable bonds is 20. The van der Waals surface area contributed by atoms with Crippen LogP contribution >= 0.6 is 0 Å². The predicted molar refractivity (Wildman–Crippen MR) is 108 cm³/mol. The molecule has 0 spiro atoms. The molecule has 0 aromatic heterocycles. The van der Waals surface area contributed by atoms with Gasteiger partial charge in [0.1, 0.15) is 0 Å². The monoisotopic (exact) mass is 394 g/mol. The SMILES string of the molecule is CCCCCCCCCC(CCCCCCCC)OCCOS(=O)(=O)O. The summed E-state index contributed by atoms with van der Waals surface area (Å²) in [5, 5.41) is 0. The van der Waals surface area contributed by atoms with Gasteiger partial charge in [0.05, 0.1) is 19.3 Å². The lowest BCUT2D eigenvalue weighted by Gasteiger charge is -2.18. The van der Waals surface area contributed by atoms with E-state index in [9.17, 15) is 8.42 Å². The summed E-state index contributed by atoms with van der Waals surface area (Å²) in [6.07, 6.45) is 18.7. The lowest BCUT2D eigenvalue weighted by Crippen LogP contribution is -2.18. The van der Waals surface area contributed by atoms with Crippen molar-refractivity contribution >= 4 is 10.4 Å². The van der Waals surface area contributed by atoms with E-state index in [1.165, 1.54) is 70.6 Å². The van der Waals surface area contributed by atoms with Crippen LogP contribution in [0, 0.1) is 0 Å². The Morgan fingerprint density at radius 2 is 1.12 bits per heavy atom. The highest BCUT2D eigenvalue weighted by molar-refractivity contribution is 7.80. The molecular weight excluding hydrogens is 352 g/mol. The molecule has 0 heterocycles. The summed E-state index contributed by atoms with van der Waals surface area (Å²) in [6, 6.07) is 0. The number of ether oxygens (including phenoxy) is 1. The van der Waals surface area contributed by atoms with E-state index >= 15 is 0 Å². The molecule has 26 heavy (non-hydrogen) atoms. The van der Waals surface area contributed by atoms with Gasteiger partial charge in [-0.15, -0.1) is 0 Å². The third-order valence-corrected chi connectivity index (χ3v) is 5.14. The van der Waals surface area contributed by atoms with Crippen LogP contribution in [0.2, 0.25) is 0 Å². The van der Waals surface area contributed by atoms with Gasteiger partial charge in [-0.25, -0.2) is 4.18 Å². The summed E-state index contributed by atoms with van der Waals surface area (Å²) in [7, 11) is -4.36. The molecule has 0 rings (SSSR count). The van der Waals surface area contributed by atoms with Crippen LogP contribution in [0.5, 0.6) is 0 Å². The van der Waals surface area contributed by atoms with Gasteiger partial charge < -0.3 is 4.74 Å². The fourth-order valence-corrected chi connectivity index (χ4v) is 3.43. The van der Waals surface area contributed by atoms with Crippen molar-refractivity contribution in [2.45, 2.75) is 116 Å². The van der Waals surface area contributed by atoms with Crippen LogP contribution in [0.1, 0.15) is 110 Å². The van der Waals surface area contributed by atoms with E-state index < -0.39 is 10.4 Å². The predicted octanol–water partition coefficient (Wildman–Crippen LogP) is 6.08. The molecule has 0 radical (unpaired) electrons. The maximum absolute atomic E-state index is 10.6. The second-order valence-corrected chi connectivity index (χ2v) is 8.30. The minimum atomic E-state index is -4.36. The Bertz CT molecular complexity index is 384. The van der Waals surface area contributed by atoms with E-state index in [1.807, 2.05) is 0 Å². The molecule has 0 aromatic rings. The maximum atomic E-state index is 10.6. The lowest BCUT2D eigenvalue weighted by atomic mass is 10.0. The van der Waals surface area contributed by atoms with Crippen LogP contribution in [0.25, 0.3) is 0 Å². The van der Waals surface area contributed by atoms with Gasteiger partial charge in [0.15, 0.2) is 0 Å². The zero-order valence-electron chi connectivity index (χ0n) is 17.1. The number of hydrogen-bond acceptors (Lipinski definition) is 4. The zero-order chi connectivity index (χ0) is 19.5. The molecule has 1 atom stereocenters. The molecular formula is C20H42O5S. The summed E-state index contributed by atoms with van der Waals surface area (Å²) in [6.45, 7) is 4.54. The molecule has 1 unspecified atom stereocenters. The Hall–Kier alpha value is -0.170. The Labute approximate surface area is 162 Å². The minimum absolute atomic E-state index is 0.122. The molecule has 0 aliphatic rings. The van der Waals surface area contributed by atoms with Crippen LogP contribution in [0.4, 0.5) is 0 Å². The molecule has 0 saturated heterocycles. The quantitative estimate of drug-likeness (QED) is 0.200. The van der Waals surface area contributed by atoms with Gasteiger partial charge in [-0.3, -0.25) is 4.55 Å². The van der Waals surface area contributed by atoms with E-state index in [0.29, 0.717) is 0 Å². The van der Waals surface area contributed by atoms with E-state index in [0.717, 1.165) is 25.7 Å². The Kier molecular flexibility index (Phi) is 18.1. The molecule has 158 valence electrons. The standard InChI is InChI=1S/C20H42O5S/c1-3-5-7-9-11-13-15-17-20(16-14-12-10-8-6-4-2)24-18-19-25-26(21,22)23/h20H,3-19H2,1-2H3,(H,21,22,23). The van der Waals surface area contributed by atoms with E-state index in [4.69, 9.17) is 9.29 Å². The minimum Gasteiger partial charge on any atom is -0.376 e. The highest BCUT2D eigenvalue weighted by Gasteiger charge is 2.10. The van der Waals surface area contributed by atoms with E-state index in [2.05, 4.69) is 18.0 Å². The summed E-state index contributed by atoms with van der Waals surface area (Å²) < 4.78 is 39.9. The first-order valence-corrected chi connectivity index (χ1v) is 12.1. The third-order valence-electron chi connectivity index (χ3n) is 4.68. The Morgan fingerprint density at radius 3 is 1.54 bits per heavy atom. The highest BCUT2D eigenvalue weighted by Crippen LogP contribution is 2.17. The van der Waals surface area contributed by atoms with Gasteiger partial charge in [-0.05, 0) is 12.8 Å². The molecule has 5 nitrogen and oxygen atoms in total. The second kappa shape index (κ2) is 18.2. The average molecular weight is 395 g/mol. The molecule has 6 heteroatoms. The fraction of sp³-hybridized carbons (Fsp3) is 1.00. The molecule has 0 aliphatic heterocycles. The Morgan fingerprint density at radius 1 is 0.692 bits per heavy atom. The van der Waals surface area contributed by atoms with Crippen LogP contribution < -0.4 is 0 Å². The first-order valence-electron chi connectivity index (χ1n) is 10.7. The van der Waals surface area contributed by atoms with Crippen molar-refractivity contribution in [1.29, 1.82) is 0 Å². The summed E-state index contributed by atoms with van der Waals surface area (Å²) in [5.41, 5.74) is 0. The normalized spacial score (nSPS) is 13.2. The highest BCUT2D eigenvalue weighted by atomic mass is 32.3. The largest absolute Gasteiger partial charge is 0.397 e. The summed E-state index contributed by atoms with van der Waals surface area (Å²) in [5.74, 6) is 0. The molecule has 0 aliphatic carbocycles. The summed E-state index contributed by atoms with van der Waals surface area (Å²) in [4.78, 5) is 0. The lowest BCUT2D eigenvalue weighted by molar-refractivity contribution is 0.0203. The second-order valence-electron chi connectivity index (χ2n) is 7.21. The molecule has 0 fully saturated rings. The van der Waals surface area contributed by atoms with Crippen molar-refractivity contribution in [1.82, 2.24) is 0 Å². The topological polar surface area (TPSA) is 72.8 Å². The van der Waals surface area contributed by atoms with Crippen LogP contribution in [-0.4, -0.2) is 32.3 Å². The fourth-order valence-electron chi connectivity index (χ4n) is 3.15. The van der Waals surface area contributed by atoms with Gasteiger partial charge in [0.25, 0.3) is 0 Å². The van der Waals surface area contributed by atoms with Gasteiger partial charge in [-0.2, -0.15) is 8.42 Å². The van der Waals surface area contributed by atoms with Crippen LogP contribution in [0.3, 0.4) is 0 Å². The first kappa shape index (κ1) is 25.8. The molecule has 0 amide bonds. The number of hydrogen-bond donors (Lipinski definition) is 1. The zero-order valence-corrected chi connectivity index (χ0v) is 17.9. The molecule has 1 N–H and O–H groups in total. The van der Waals surface area contributed by atoms with Gasteiger partial charge in [0.2, 0.25) is 0 Å². The van der Waals surface area contributed by atoms with Crippen LogP contribution in [0.15, 0.2) is 0 Å². The van der Waals surface area contributed by atoms with Crippen molar-refractivity contribution in [3.63, 3.8) is 0 Å². The smallest absolute Gasteiger partial charge is 0.376 e. The van der Waals surface area contributed by atoms with Crippen molar-refractivity contribution < 1.29 is 21.9 Å². The average Bonchev–Trinajstić information content (AvgIpc) is 2.59. The molecule has 0 aromatic carbocycles. The van der Waals surface area contributed by atoms with Crippen molar-refractivity contribution in [3.8, 4) is 0 Å². The van der Waals surface area contributed by atoms with Crippen LogP contribution in [-0.2, 0) is 19.3 Å². The number of unbranched alkanes of at least 4 members (excludes halogenated alkanes) is 11. The van der Waals surface area contributed by atoms with Crippen molar-refractivity contribution in [3.05, 3.63) is 0 Å². The Balaban J connectivity index is 3.91. The molecule has 0 bridgehead atoms. The van der Waals surface area contributed by atoms with Gasteiger partial charge >= 0.3 is 10.4 Å². The first-order chi connectivity index (χ1) is 12.5. The summed E-state index contributed by atoms with van der Waals surface area (Å²) >= 11 is 0. The van der Waals surface area contributed by atoms with E-state index in [1.54, 1.807) is 0 Å². The van der Waals surface area contributed by atoms with E-state index in [-0.39, 0.29) is 19.3 Å². The van der Waals surface area contributed by atoms with Crippen molar-refractivity contribution in [2.75, 3.05) is 13.2 Å². The molecule has 0 saturated carbocycles. The van der Waals surface area contributed by atoms with Crippen molar-refractivity contribution in [2.24, 2.45) is 0 Å².